The quantitative estimate of drug-likeness (QED) is 0.574. The molecule has 0 aromatic heterocycles. The molecule has 0 amide bonds. The Bertz CT molecular complexity index is 253. The molecule has 0 heterocycles. The Balaban J connectivity index is 2.60. The van der Waals surface area contributed by atoms with Gasteiger partial charge in [0.05, 0.1) is 13.2 Å². The van der Waals surface area contributed by atoms with Crippen LogP contribution in [0.4, 0.5) is 0 Å². The van der Waals surface area contributed by atoms with E-state index in [4.69, 9.17) is 4.74 Å². The Morgan fingerprint density at radius 1 is 1.29 bits per heavy atom. The van der Waals surface area contributed by atoms with Crippen LogP contribution in [-0.2, 0) is 4.74 Å². The van der Waals surface area contributed by atoms with E-state index in [0.29, 0.717) is 5.41 Å². The lowest BCUT2D eigenvalue weighted by Crippen LogP contribution is -2.47. The predicted octanol–water partition coefficient (Wildman–Crippen LogP) is 2.12. The normalized spacial score (nSPS) is 26.4. The third-order valence-corrected chi connectivity index (χ3v) is 4.85. The van der Waals surface area contributed by atoms with Gasteiger partial charge in [0.2, 0.25) is 0 Å². The molecule has 1 aliphatic rings. The van der Waals surface area contributed by atoms with E-state index in [9.17, 15) is 5.11 Å². The van der Waals surface area contributed by atoms with Gasteiger partial charge in [-0.05, 0) is 37.1 Å². The predicted molar refractivity (Wildman–Crippen MR) is 88.6 cm³/mol. The van der Waals surface area contributed by atoms with Crippen molar-refractivity contribution in [2.75, 3.05) is 53.0 Å². The van der Waals surface area contributed by atoms with Gasteiger partial charge in [0.1, 0.15) is 0 Å². The Kier molecular flexibility index (Phi) is 9.49. The number of ether oxygens (including phenoxy) is 1. The molecule has 2 N–H and O–H groups in total. The summed E-state index contributed by atoms with van der Waals surface area (Å²) < 4.78 is 5.22. The molecular formula is C17H36N2O2. The van der Waals surface area contributed by atoms with Crippen molar-refractivity contribution in [3.8, 4) is 0 Å². The molecule has 0 unspecified atom stereocenters. The molecule has 0 aromatic rings. The molecule has 1 saturated carbocycles. The molecule has 0 aliphatic heterocycles. The van der Waals surface area contributed by atoms with Crippen LogP contribution in [0, 0.1) is 11.3 Å². The van der Waals surface area contributed by atoms with Crippen molar-refractivity contribution in [3.05, 3.63) is 0 Å². The number of aliphatic hydroxyl groups is 1. The first-order chi connectivity index (χ1) is 10.2. The van der Waals surface area contributed by atoms with Crippen LogP contribution >= 0.6 is 0 Å². The SMILES string of the molecule is CCCNCC1(CN(CCO)CCOC)CCC(C)CC1. The van der Waals surface area contributed by atoms with Gasteiger partial charge in [0.15, 0.2) is 0 Å². The monoisotopic (exact) mass is 300 g/mol. The Morgan fingerprint density at radius 3 is 2.57 bits per heavy atom. The number of aliphatic hydroxyl groups excluding tert-OH is 1. The van der Waals surface area contributed by atoms with E-state index < -0.39 is 0 Å². The highest BCUT2D eigenvalue weighted by atomic mass is 16.5. The van der Waals surface area contributed by atoms with Crippen molar-refractivity contribution in [2.45, 2.75) is 46.0 Å². The third kappa shape index (κ3) is 7.09. The zero-order valence-electron chi connectivity index (χ0n) is 14.4. The summed E-state index contributed by atoms with van der Waals surface area (Å²) in [4.78, 5) is 2.38. The second-order valence-corrected chi connectivity index (χ2v) is 6.85. The van der Waals surface area contributed by atoms with Crippen LogP contribution in [0.2, 0.25) is 0 Å². The first-order valence-corrected chi connectivity index (χ1v) is 8.68. The van der Waals surface area contributed by atoms with Crippen molar-refractivity contribution < 1.29 is 9.84 Å². The number of methoxy groups -OCH3 is 1. The van der Waals surface area contributed by atoms with Gasteiger partial charge in [0.25, 0.3) is 0 Å². The van der Waals surface area contributed by atoms with E-state index in [0.717, 1.165) is 45.2 Å². The van der Waals surface area contributed by atoms with Gasteiger partial charge >= 0.3 is 0 Å². The molecule has 126 valence electrons. The number of hydrogen-bond donors (Lipinski definition) is 2. The second kappa shape index (κ2) is 10.5. The minimum Gasteiger partial charge on any atom is -0.395 e. The van der Waals surface area contributed by atoms with Crippen molar-refractivity contribution in [2.24, 2.45) is 11.3 Å². The van der Waals surface area contributed by atoms with E-state index in [2.05, 4.69) is 24.1 Å². The topological polar surface area (TPSA) is 44.7 Å². The molecule has 0 aromatic carbocycles. The molecular weight excluding hydrogens is 264 g/mol. The lowest BCUT2D eigenvalue weighted by molar-refractivity contribution is 0.0589. The summed E-state index contributed by atoms with van der Waals surface area (Å²) in [6.07, 6.45) is 6.48. The lowest BCUT2D eigenvalue weighted by atomic mass is 9.70. The fourth-order valence-corrected chi connectivity index (χ4v) is 3.40. The maximum atomic E-state index is 9.31. The summed E-state index contributed by atoms with van der Waals surface area (Å²) in [6.45, 7) is 10.6. The van der Waals surface area contributed by atoms with Gasteiger partial charge in [0, 0.05) is 33.3 Å². The average molecular weight is 300 g/mol. The van der Waals surface area contributed by atoms with Crippen LogP contribution in [0.3, 0.4) is 0 Å². The van der Waals surface area contributed by atoms with Gasteiger partial charge < -0.3 is 15.2 Å². The standard InChI is InChI=1S/C17H36N2O2/c1-4-9-18-14-17(7-5-16(2)6-8-17)15-19(10-12-20)11-13-21-3/h16,18,20H,4-15H2,1-3H3. The molecule has 1 aliphatic carbocycles. The molecule has 1 rings (SSSR count). The molecule has 4 heteroatoms. The molecule has 0 spiro atoms. The van der Waals surface area contributed by atoms with E-state index in [1.165, 1.54) is 32.1 Å². The number of rotatable bonds is 11. The largest absolute Gasteiger partial charge is 0.395 e. The highest BCUT2D eigenvalue weighted by molar-refractivity contribution is 4.89. The zero-order chi connectivity index (χ0) is 15.6. The summed E-state index contributed by atoms with van der Waals surface area (Å²) in [5.74, 6) is 0.870. The van der Waals surface area contributed by atoms with Crippen molar-refractivity contribution in [3.63, 3.8) is 0 Å². The molecule has 0 bridgehead atoms. The summed E-state index contributed by atoms with van der Waals surface area (Å²) in [6, 6.07) is 0. The maximum Gasteiger partial charge on any atom is 0.0589 e. The molecule has 0 radical (unpaired) electrons. The number of hydrogen-bond acceptors (Lipinski definition) is 4. The van der Waals surface area contributed by atoms with Crippen molar-refractivity contribution >= 4 is 0 Å². The Labute approximate surface area is 131 Å². The minimum atomic E-state index is 0.235. The van der Waals surface area contributed by atoms with E-state index in [1.54, 1.807) is 7.11 Å². The summed E-state index contributed by atoms with van der Waals surface area (Å²) in [5.41, 5.74) is 0.380. The fourth-order valence-electron chi connectivity index (χ4n) is 3.40. The first kappa shape index (κ1) is 18.9. The maximum absolute atomic E-state index is 9.31. The van der Waals surface area contributed by atoms with Gasteiger partial charge in [-0.1, -0.05) is 26.7 Å². The third-order valence-electron chi connectivity index (χ3n) is 4.85. The summed E-state index contributed by atoms with van der Waals surface area (Å²) in [5, 5.41) is 13.0. The second-order valence-electron chi connectivity index (χ2n) is 6.85. The Hall–Kier alpha value is -0.160. The average Bonchev–Trinajstić information content (AvgIpc) is 2.48. The van der Waals surface area contributed by atoms with E-state index in [1.807, 2.05) is 0 Å². The number of nitrogens with zero attached hydrogens (tertiary/aromatic N) is 1. The summed E-state index contributed by atoms with van der Waals surface area (Å²) >= 11 is 0. The van der Waals surface area contributed by atoms with Gasteiger partial charge in [-0.25, -0.2) is 0 Å². The molecule has 0 atom stereocenters. The highest BCUT2D eigenvalue weighted by Gasteiger charge is 2.35. The van der Waals surface area contributed by atoms with E-state index in [-0.39, 0.29) is 6.61 Å². The number of nitrogens with one attached hydrogen (secondary N) is 1. The highest BCUT2D eigenvalue weighted by Crippen LogP contribution is 2.39. The van der Waals surface area contributed by atoms with Crippen LogP contribution in [0.15, 0.2) is 0 Å². The van der Waals surface area contributed by atoms with Crippen LogP contribution in [0.1, 0.15) is 46.0 Å². The van der Waals surface area contributed by atoms with Gasteiger partial charge in [-0.15, -0.1) is 0 Å². The summed E-state index contributed by atoms with van der Waals surface area (Å²) in [7, 11) is 1.75. The van der Waals surface area contributed by atoms with E-state index >= 15 is 0 Å². The lowest BCUT2D eigenvalue weighted by Gasteiger charge is -2.43. The zero-order valence-corrected chi connectivity index (χ0v) is 14.4. The van der Waals surface area contributed by atoms with Crippen LogP contribution in [0.5, 0.6) is 0 Å². The molecule has 1 fully saturated rings. The van der Waals surface area contributed by atoms with Crippen LogP contribution in [0.25, 0.3) is 0 Å². The van der Waals surface area contributed by atoms with Gasteiger partial charge in [-0.3, -0.25) is 4.90 Å². The van der Waals surface area contributed by atoms with Gasteiger partial charge in [-0.2, -0.15) is 0 Å². The van der Waals surface area contributed by atoms with Crippen molar-refractivity contribution in [1.29, 1.82) is 0 Å². The fraction of sp³-hybridized carbons (Fsp3) is 1.00. The van der Waals surface area contributed by atoms with Crippen LogP contribution in [-0.4, -0.2) is 63.1 Å². The molecule has 21 heavy (non-hydrogen) atoms. The molecule has 4 nitrogen and oxygen atoms in total. The molecule has 0 saturated heterocycles. The van der Waals surface area contributed by atoms with Crippen LogP contribution < -0.4 is 5.32 Å². The first-order valence-electron chi connectivity index (χ1n) is 8.68. The Morgan fingerprint density at radius 2 is 2.00 bits per heavy atom. The minimum absolute atomic E-state index is 0.235. The van der Waals surface area contributed by atoms with Crippen molar-refractivity contribution in [1.82, 2.24) is 10.2 Å². The smallest absolute Gasteiger partial charge is 0.0589 e.